The van der Waals surface area contributed by atoms with Crippen molar-refractivity contribution >= 4 is 45.6 Å². The maximum absolute atomic E-state index is 13.2. The molecule has 0 aliphatic heterocycles. The van der Waals surface area contributed by atoms with Crippen molar-refractivity contribution in [2.75, 3.05) is 12.4 Å². The molecule has 2 heterocycles. The number of methoxy groups -OCH3 is 1. The number of hydrogen-bond acceptors (Lipinski definition) is 6. The van der Waals surface area contributed by atoms with Gasteiger partial charge in [-0.2, -0.15) is 5.10 Å². The van der Waals surface area contributed by atoms with Gasteiger partial charge < -0.3 is 10.1 Å². The number of anilines is 1. The highest BCUT2D eigenvalue weighted by Gasteiger charge is 2.46. The summed E-state index contributed by atoms with van der Waals surface area (Å²) in [6.45, 7) is 0. The summed E-state index contributed by atoms with van der Waals surface area (Å²) < 4.78 is 7.17. The molecule has 0 saturated heterocycles. The molecule has 10 heteroatoms. The van der Waals surface area contributed by atoms with Crippen LogP contribution in [0.4, 0.5) is 5.13 Å². The zero-order valence-electron chi connectivity index (χ0n) is 20.8. The Labute approximate surface area is 239 Å². The van der Waals surface area contributed by atoms with Crippen LogP contribution in [0, 0.1) is 5.92 Å². The highest BCUT2D eigenvalue weighted by molar-refractivity contribution is 7.15. The first-order valence-corrected chi connectivity index (χ1v) is 13.9. The van der Waals surface area contributed by atoms with Crippen LogP contribution in [0.1, 0.15) is 28.5 Å². The Kier molecular flexibility index (Phi) is 7.08. The van der Waals surface area contributed by atoms with Crippen molar-refractivity contribution in [3.63, 3.8) is 0 Å². The largest absolute Gasteiger partial charge is 0.495 e. The fourth-order valence-corrected chi connectivity index (χ4v) is 5.75. The minimum absolute atomic E-state index is 0.0276. The molecule has 3 aromatic carbocycles. The molecule has 1 aliphatic rings. The third kappa shape index (κ3) is 5.54. The van der Waals surface area contributed by atoms with Crippen LogP contribution in [0.25, 0.3) is 16.9 Å². The summed E-state index contributed by atoms with van der Waals surface area (Å²) in [6.07, 6.45) is 3.36. The molecule has 2 atom stereocenters. The van der Waals surface area contributed by atoms with E-state index in [9.17, 15) is 4.79 Å². The number of ether oxygens (including phenoxy) is 1. The molecule has 1 saturated carbocycles. The van der Waals surface area contributed by atoms with E-state index < -0.39 is 0 Å². The summed E-state index contributed by atoms with van der Waals surface area (Å²) in [5.41, 5.74) is 4.68. The Morgan fingerprint density at radius 1 is 1.08 bits per heavy atom. The van der Waals surface area contributed by atoms with Gasteiger partial charge in [-0.3, -0.25) is 4.79 Å². The lowest BCUT2D eigenvalue weighted by molar-refractivity contribution is -0.117. The minimum atomic E-state index is -0.186. The second-order valence-corrected chi connectivity index (χ2v) is 11.2. The molecular weight excluding hydrogens is 553 g/mol. The molecule has 196 valence electrons. The van der Waals surface area contributed by atoms with Gasteiger partial charge in [0.15, 0.2) is 0 Å². The number of carbonyl (C=O) groups is 1. The first kappa shape index (κ1) is 25.6. The lowest BCUT2D eigenvalue weighted by atomic mass is 10.0. The zero-order chi connectivity index (χ0) is 26.9. The van der Waals surface area contributed by atoms with Gasteiger partial charge in [-0.25, -0.2) is 4.68 Å². The Bertz CT molecular complexity index is 1640. The quantitative estimate of drug-likeness (QED) is 0.214. The Morgan fingerprint density at radius 2 is 1.87 bits per heavy atom. The molecule has 1 N–H and O–H groups in total. The average molecular weight is 577 g/mol. The van der Waals surface area contributed by atoms with Crippen molar-refractivity contribution in [3.8, 4) is 22.7 Å². The van der Waals surface area contributed by atoms with Crippen LogP contribution in [0.5, 0.6) is 5.75 Å². The SMILES string of the molecule is COc1ccc(-c2nn(-c3ccccc3)cc2C2CC2C(=O)Nc2nnc(Cc3ccc(Cl)cc3)s2)cc1Cl. The summed E-state index contributed by atoms with van der Waals surface area (Å²) in [5, 5.41) is 18.8. The van der Waals surface area contributed by atoms with E-state index in [1.807, 2.05) is 83.7 Å². The standard InChI is InChI=1S/C29H23Cl2N5O2S/c1-38-25-12-9-18(14-24(25)31)27-23(16-36(35-27)20-5-3-2-4-6-20)21-15-22(21)28(37)32-29-34-33-26(39-29)13-17-7-10-19(30)11-8-17/h2-12,14,16,21-22H,13,15H2,1H3,(H,32,34,37). The number of aromatic nitrogens is 4. The monoisotopic (exact) mass is 575 g/mol. The van der Waals surface area contributed by atoms with Crippen LogP contribution in [0.15, 0.2) is 79.0 Å². The number of nitrogens with zero attached hydrogens (tertiary/aromatic N) is 4. The smallest absolute Gasteiger partial charge is 0.229 e. The van der Waals surface area contributed by atoms with E-state index in [-0.39, 0.29) is 17.7 Å². The van der Waals surface area contributed by atoms with Crippen molar-refractivity contribution in [1.29, 1.82) is 0 Å². The third-order valence-electron chi connectivity index (χ3n) is 6.68. The molecule has 7 nitrogen and oxygen atoms in total. The Morgan fingerprint density at radius 3 is 2.62 bits per heavy atom. The van der Waals surface area contributed by atoms with Gasteiger partial charge >= 0.3 is 0 Å². The lowest BCUT2D eigenvalue weighted by Crippen LogP contribution is -2.14. The van der Waals surface area contributed by atoms with Gasteiger partial charge in [-0.05, 0) is 54.4 Å². The molecule has 2 aromatic heterocycles. The summed E-state index contributed by atoms with van der Waals surface area (Å²) in [6, 6.07) is 23.1. The highest BCUT2D eigenvalue weighted by Crippen LogP contribution is 2.51. The van der Waals surface area contributed by atoms with Gasteiger partial charge in [0.1, 0.15) is 10.8 Å². The fraction of sp³-hybridized carbons (Fsp3) is 0.172. The first-order chi connectivity index (χ1) is 19.0. The predicted octanol–water partition coefficient (Wildman–Crippen LogP) is 7.04. The Balaban J connectivity index is 1.21. The number of para-hydroxylation sites is 1. The van der Waals surface area contributed by atoms with Gasteiger partial charge in [0.2, 0.25) is 11.0 Å². The molecule has 0 spiro atoms. The number of hydrogen-bond donors (Lipinski definition) is 1. The van der Waals surface area contributed by atoms with Crippen molar-refractivity contribution in [2.24, 2.45) is 5.92 Å². The van der Waals surface area contributed by atoms with Crippen LogP contribution in [0.3, 0.4) is 0 Å². The molecule has 5 aromatic rings. The molecule has 2 unspecified atom stereocenters. The van der Waals surface area contributed by atoms with Crippen molar-refractivity contribution in [1.82, 2.24) is 20.0 Å². The lowest BCUT2D eigenvalue weighted by Gasteiger charge is -2.06. The molecule has 1 amide bonds. The summed E-state index contributed by atoms with van der Waals surface area (Å²) >= 11 is 13.8. The molecule has 1 fully saturated rings. The second kappa shape index (κ2) is 10.8. The van der Waals surface area contributed by atoms with Crippen LogP contribution in [-0.2, 0) is 11.2 Å². The number of benzene rings is 3. The van der Waals surface area contributed by atoms with E-state index in [2.05, 4.69) is 15.5 Å². The molecule has 0 bridgehead atoms. The van der Waals surface area contributed by atoms with Crippen molar-refractivity contribution < 1.29 is 9.53 Å². The van der Waals surface area contributed by atoms with Gasteiger partial charge in [-0.15, -0.1) is 10.2 Å². The molecule has 0 radical (unpaired) electrons. The molecule has 1 aliphatic carbocycles. The van der Waals surface area contributed by atoms with E-state index in [4.69, 9.17) is 33.0 Å². The van der Waals surface area contributed by atoms with E-state index in [0.717, 1.165) is 39.5 Å². The number of rotatable bonds is 8. The highest BCUT2D eigenvalue weighted by atomic mass is 35.5. The summed E-state index contributed by atoms with van der Waals surface area (Å²) in [5.74, 6) is 0.371. The van der Waals surface area contributed by atoms with Crippen LogP contribution in [-0.4, -0.2) is 33.0 Å². The Hall–Kier alpha value is -3.72. The molecule has 39 heavy (non-hydrogen) atoms. The normalized spacial score (nSPS) is 16.2. The number of amides is 1. The fourth-order valence-electron chi connectivity index (χ4n) is 4.59. The minimum Gasteiger partial charge on any atom is -0.495 e. The number of halogens is 2. The number of nitrogens with one attached hydrogen (secondary N) is 1. The molecular formula is C29H23Cl2N5O2S. The van der Waals surface area contributed by atoms with Crippen LogP contribution < -0.4 is 10.1 Å². The first-order valence-electron chi connectivity index (χ1n) is 12.3. The number of carbonyl (C=O) groups excluding carboxylic acids is 1. The second-order valence-electron chi connectivity index (χ2n) is 9.30. The van der Waals surface area contributed by atoms with Crippen LogP contribution in [0.2, 0.25) is 10.0 Å². The van der Waals surface area contributed by atoms with Crippen molar-refractivity contribution in [3.05, 3.63) is 105 Å². The maximum atomic E-state index is 13.2. The van der Waals surface area contributed by atoms with Gasteiger partial charge in [-0.1, -0.05) is 64.9 Å². The summed E-state index contributed by atoms with van der Waals surface area (Å²) in [7, 11) is 1.59. The predicted molar refractivity (Wildman–Crippen MR) is 154 cm³/mol. The van der Waals surface area contributed by atoms with Gasteiger partial charge in [0, 0.05) is 40.6 Å². The van der Waals surface area contributed by atoms with E-state index in [1.165, 1.54) is 11.3 Å². The third-order valence-corrected chi connectivity index (χ3v) is 8.07. The topological polar surface area (TPSA) is 81.9 Å². The van der Waals surface area contributed by atoms with E-state index in [0.29, 0.717) is 27.3 Å². The van der Waals surface area contributed by atoms with Gasteiger partial charge in [0.25, 0.3) is 0 Å². The van der Waals surface area contributed by atoms with Crippen LogP contribution >= 0.6 is 34.5 Å². The zero-order valence-corrected chi connectivity index (χ0v) is 23.2. The maximum Gasteiger partial charge on any atom is 0.229 e. The van der Waals surface area contributed by atoms with E-state index in [1.54, 1.807) is 7.11 Å². The molecule has 6 rings (SSSR count). The van der Waals surface area contributed by atoms with Gasteiger partial charge in [0.05, 0.1) is 23.5 Å². The van der Waals surface area contributed by atoms with E-state index >= 15 is 0 Å². The summed E-state index contributed by atoms with van der Waals surface area (Å²) in [4.78, 5) is 13.2. The van der Waals surface area contributed by atoms with Crippen molar-refractivity contribution in [2.45, 2.75) is 18.8 Å². The average Bonchev–Trinajstić information content (AvgIpc) is 3.43.